The molecule has 92 valence electrons. The summed E-state index contributed by atoms with van der Waals surface area (Å²) in [7, 11) is 0. The second-order valence-electron chi connectivity index (χ2n) is 5.04. The van der Waals surface area contributed by atoms with E-state index < -0.39 is 0 Å². The van der Waals surface area contributed by atoms with Crippen LogP contribution in [0.5, 0.6) is 0 Å². The highest BCUT2D eigenvalue weighted by molar-refractivity contribution is 7.17. The van der Waals surface area contributed by atoms with Crippen LogP contribution in [0.4, 0.5) is 5.13 Å². The summed E-state index contributed by atoms with van der Waals surface area (Å²) in [6, 6.07) is 0. The molecule has 0 spiro atoms. The molecule has 17 heavy (non-hydrogen) atoms. The Balaban J connectivity index is 1.83. The van der Waals surface area contributed by atoms with E-state index in [2.05, 4.69) is 4.90 Å². The molecule has 1 saturated heterocycles. The van der Waals surface area contributed by atoms with E-state index in [1.165, 1.54) is 38.5 Å². The molecule has 3 rings (SSSR count). The quantitative estimate of drug-likeness (QED) is 0.772. The van der Waals surface area contributed by atoms with Crippen molar-refractivity contribution in [1.82, 2.24) is 4.98 Å². The molecule has 1 aromatic rings. The average Bonchev–Trinajstić information content (AvgIpc) is 3.14. The van der Waals surface area contributed by atoms with E-state index in [-0.39, 0.29) is 0 Å². The molecule has 0 radical (unpaired) electrons. The van der Waals surface area contributed by atoms with Crippen molar-refractivity contribution in [3.8, 4) is 0 Å². The van der Waals surface area contributed by atoms with E-state index in [9.17, 15) is 4.79 Å². The van der Waals surface area contributed by atoms with Gasteiger partial charge < -0.3 is 4.90 Å². The SMILES string of the molecule is O=Cc1sc(N2CCCCCC2)nc1C1CC1. The van der Waals surface area contributed by atoms with Crippen LogP contribution in [-0.4, -0.2) is 24.4 Å². The molecule has 1 aliphatic heterocycles. The van der Waals surface area contributed by atoms with Crippen LogP contribution in [0.3, 0.4) is 0 Å². The van der Waals surface area contributed by atoms with Crippen molar-refractivity contribution < 1.29 is 4.79 Å². The minimum absolute atomic E-state index is 0.576. The Morgan fingerprint density at radius 3 is 2.47 bits per heavy atom. The molecule has 0 atom stereocenters. The van der Waals surface area contributed by atoms with Gasteiger partial charge >= 0.3 is 0 Å². The van der Waals surface area contributed by atoms with Crippen molar-refractivity contribution in [2.75, 3.05) is 18.0 Å². The fourth-order valence-corrected chi connectivity index (χ4v) is 3.48. The molecule has 4 heteroatoms. The van der Waals surface area contributed by atoms with Crippen molar-refractivity contribution in [3.05, 3.63) is 10.6 Å². The predicted octanol–water partition coefficient (Wildman–Crippen LogP) is 3.21. The zero-order valence-corrected chi connectivity index (χ0v) is 10.8. The lowest BCUT2D eigenvalue weighted by atomic mass is 10.2. The Bertz CT molecular complexity index is 404. The van der Waals surface area contributed by atoms with Crippen LogP contribution in [0.25, 0.3) is 0 Å². The van der Waals surface area contributed by atoms with E-state index in [1.807, 2.05) is 0 Å². The Hall–Kier alpha value is -0.900. The normalized spacial score (nSPS) is 21.3. The molecule has 1 saturated carbocycles. The van der Waals surface area contributed by atoms with Crippen LogP contribution >= 0.6 is 11.3 Å². The van der Waals surface area contributed by atoms with Gasteiger partial charge in [-0.1, -0.05) is 24.2 Å². The van der Waals surface area contributed by atoms with Crippen LogP contribution in [0.1, 0.15) is 59.8 Å². The summed E-state index contributed by atoms with van der Waals surface area (Å²) in [5, 5.41) is 1.08. The van der Waals surface area contributed by atoms with E-state index in [1.54, 1.807) is 11.3 Å². The first kappa shape index (κ1) is 11.2. The van der Waals surface area contributed by atoms with Gasteiger partial charge in [-0.3, -0.25) is 4.79 Å². The number of aldehydes is 1. The second-order valence-corrected chi connectivity index (χ2v) is 6.05. The fourth-order valence-electron chi connectivity index (χ4n) is 2.46. The van der Waals surface area contributed by atoms with Gasteiger partial charge in [-0.2, -0.15) is 0 Å². The van der Waals surface area contributed by atoms with Gasteiger partial charge in [-0.25, -0.2) is 4.98 Å². The molecule has 2 heterocycles. The topological polar surface area (TPSA) is 33.2 Å². The van der Waals surface area contributed by atoms with Gasteiger partial charge in [0.05, 0.1) is 10.6 Å². The molecule has 3 nitrogen and oxygen atoms in total. The molecular weight excluding hydrogens is 232 g/mol. The van der Waals surface area contributed by atoms with Crippen LogP contribution in [0.2, 0.25) is 0 Å². The average molecular weight is 250 g/mol. The summed E-state index contributed by atoms with van der Waals surface area (Å²) >= 11 is 1.59. The molecule has 0 N–H and O–H groups in total. The molecule has 2 aliphatic rings. The van der Waals surface area contributed by atoms with E-state index in [4.69, 9.17) is 4.98 Å². The smallest absolute Gasteiger partial charge is 0.186 e. The third-order valence-electron chi connectivity index (χ3n) is 3.62. The third-order valence-corrected chi connectivity index (χ3v) is 4.67. The summed E-state index contributed by atoms with van der Waals surface area (Å²) in [6.45, 7) is 2.21. The molecular formula is C13H18N2OS. The zero-order valence-electron chi connectivity index (χ0n) is 10.0. The summed E-state index contributed by atoms with van der Waals surface area (Å²) in [5.74, 6) is 0.576. The lowest BCUT2D eigenvalue weighted by Gasteiger charge is -2.18. The number of nitrogens with zero attached hydrogens (tertiary/aromatic N) is 2. The molecule has 0 bridgehead atoms. The van der Waals surface area contributed by atoms with Crippen LogP contribution in [-0.2, 0) is 0 Å². The Labute approximate surface area is 106 Å². The molecule has 1 aromatic heterocycles. The number of hydrogen-bond acceptors (Lipinski definition) is 4. The molecule has 2 fully saturated rings. The Morgan fingerprint density at radius 2 is 1.88 bits per heavy atom. The largest absolute Gasteiger partial charge is 0.348 e. The number of anilines is 1. The van der Waals surface area contributed by atoms with Crippen molar-refractivity contribution in [2.45, 2.75) is 44.4 Å². The summed E-state index contributed by atoms with van der Waals surface area (Å²) in [5.41, 5.74) is 1.07. The van der Waals surface area contributed by atoms with Gasteiger partial charge in [0.1, 0.15) is 0 Å². The Kier molecular flexibility index (Phi) is 3.14. The van der Waals surface area contributed by atoms with Crippen molar-refractivity contribution in [2.24, 2.45) is 0 Å². The molecule has 0 unspecified atom stereocenters. The number of aromatic nitrogens is 1. The minimum atomic E-state index is 0.576. The van der Waals surface area contributed by atoms with E-state index in [0.29, 0.717) is 5.92 Å². The first-order valence-corrected chi connectivity index (χ1v) is 7.41. The summed E-state index contributed by atoms with van der Waals surface area (Å²) in [6.07, 6.45) is 8.60. The predicted molar refractivity (Wildman–Crippen MR) is 70.2 cm³/mol. The van der Waals surface area contributed by atoms with E-state index in [0.717, 1.165) is 35.1 Å². The van der Waals surface area contributed by atoms with Crippen molar-refractivity contribution >= 4 is 22.8 Å². The number of hydrogen-bond donors (Lipinski definition) is 0. The van der Waals surface area contributed by atoms with Gasteiger partial charge in [-0.15, -0.1) is 0 Å². The van der Waals surface area contributed by atoms with Crippen molar-refractivity contribution in [1.29, 1.82) is 0 Å². The minimum Gasteiger partial charge on any atom is -0.348 e. The molecule has 0 amide bonds. The maximum Gasteiger partial charge on any atom is 0.186 e. The number of thiazole rings is 1. The highest BCUT2D eigenvalue weighted by Crippen LogP contribution is 2.43. The second kappa shape index (κ2) is 4.77. The van der Waals surface area contributed by atoms with Gasteiger partial charge in [-0.05, 0) is 25.7 Å². The van der Waals surface area contributed by atoms with Gasteiger partial charge in [0, 0.05) is 19.0 Å². The van der Waals surface area contributed by atoms with Crippen molar-refractivity contribution in [3.63, 3.8) is 0 Å². The van der Waals surface area contributed by atoms with Gasteiger partial charge in [0.25, 0.3) is 0 Å². The fraction of sp³-hybridized carbons (Fsp3) is 0.692. The summed E-state index contributed by atoms with van der Waals surface area (Å²) in [4.78, 5) is 19.0. The van der Waals surface area contributed by atoms with Gasteiger partial charge in [0.15, 0.2) is 11.4 Å². The highest BCUT2D eigenvalue weighted by Gasteiger charge is 2.30. The monoisotopic (exact) mass is 250 g/mol. The van der Waals surface area contributed by atoms with Crippen LogP contribution < -0.4 is 4.90 Å². The van der Waals surface area contributed by atoms with E-state index >= 15 is 0 Å². The first-order valence-electron chi connectivity index (χ1n) is 6.59. The number of carbonyl (C=O) groups excluding carboxylic acids is 1. The first-order chi connectivity index (χ1) is 8.38. The molecule has 1 aliphatic carbocycles. The van der Waals surface area contributed by atoms with Crippen LogP contribution in [0, 0.1) is 0 Å². The lowest BCUT2D eigenvalue weighted by Crippen LogP contribution is -2.23. The zero-order chi connectivity index (χ0) is 11.7. The lowest BCUT2D eigenvalue weighted by molar-refractivity contribution is 0.112. The molecule has 0 aromatic carbocycles. The summed E-state index contributed by atoms with van der Waals surface area (Å²) < 4.78 is 0. The van der Waals surface area contributed by atoms with Crippen LogP contribution in [0.15, 0.2) is 0 Å². The number of rotatable bonds is 3. The van der Waals surface area contributed by atoms with Gasteiger partial charge in [0.2, 0.25) is 0 Å². The Morgan fingerprint density at radius 1 is 1.18 bits per heavy atom. The maximum atomic E-state index is 11.1. The highest BCUT2D eigenvalue weighted by atomic mass is 32.1. The number of carbonyl (C=O) groups is 1. The standard InChI is InChI=1S/C13H18N2OS/c16-9-11-12(10-5-6-10)14-13(17-11)15-7-3-1-2-4-8-15/h9-10H,1-8H2. The maximum absolute atomic E-state index is 11.1. The third kappa shape index (κ3) is 2.37.